The highest BCUT2D eigenvalue weighted by Gasteiger charge is 2.55. The molecule has 2 saturated heterocycles. The van der Waals surface area contributed by atoms with Gasteiger partial charge in [0.1, 0.15) is 0 Å². The van der Waals surface area contributed by atoms with Crippen LogP contribution in [0.2, 0.25) is 0 Å². The van der Waals surface area contributed by atoms with Crippen molar-refractivity contribution in [2.75, 3.05) is 6.61 Å². The Labute approximate surface area is 124 Å². The summed E-state index contributed by atoms with van der Waals surface area (Å²) in [6, 6.07) is 20.3. The molecule has 2 aromatic rings. The van der Waals surface area contributed by atoms with E-state index in [0.717, 1.165) is 17.5 Å². The largest absolute Gasteiger partial charge is 0.349 e. The topological polar surface area (TPSA) is 29.5 Å². The van der Waals surface area contributed by atoms with E-state index in [1.54, 1.807) is 0 Å². The molecule has 0 unspecified atom stereocenters. The average molecular weight is 279 g/mol. The molecule has 2 aliphatic heterocycles. The van der Waals surface area contributed by atoms with Crippen molar-refractivity contribution in [3.63, 3.8) is 0 Å². The smallest absolute Gasteiger partial charge is 0.225 e. The number of carbonyl (C=O) groups is 1. The molecular formula is C18H17NO2. The van der Waals surface area contributed by atoms with Crippen molar-refractivity contribution in [3.05, 3.63) is 71.8 Å². The standard InChI is InChI=1S/C18H17NO2/c20-17-11-12-18(15-9-5-2-6-10-15)19(17)16(13-21-18)14-7-3-1-4-8-14/h1-10,16H,11-13H2/t16-,18+/m1/s1. The minimum atomic E-state index is -0.571. The summed E-state index contributed by atoms with van der Waals surface area (Å²) >= 11 is 0. The van der Waals surface area contributed by atoms with E-state index in [-0.39, 0.29) is 11.9 Å². The van der Waals surface area contributed by atoms with E-state index in [0.29, 0.717) is 13.0 Å². The molecule has 1 amide bonds. The van der Waals surface area contributed by atoms with Gasteiger partial charge in [-0.2, -0.15) is 0 Å². The third kappa shape index (κ3) is 1.81. The Hall–Kier alpha value is -2.13. The summed E-state index contributed by atoms with van der Waals surface area (Å²) in [4.78, 5) is 14.4. The molecule has 0 bridgehead atoms. The van der Waals surface area contributed by atoms with Gasteiger partial charge < -0.3 is 9.64 Å². The zero-order valence-electron chi connectivity index (χ0n) is 11.7. The van der Waals surface area contributed by atoms with Crippen molar-refractivity contribution in [2.24, 2.45) is 0 Å². The van der Waals surface area contributed by atoms with Crippen LogP contribution in [-0.4, -0.2) is 17.4 Å². The molecule has 3 heteroatoms. The molecule has 2 fully saturated rings. The van der Waals surface area contributed by atoms with E-state index in [2.05, 4.69) is 24.3 Å². The Morgan fingerprint density at radius 1 is 1.00 bits per heavy atom. The normalized spacial score (nSPS) is 27.9. The van der Waals surface area contributed by atoms with Crippen molar-refractivity contribution < 1.29 is 9.53 Å². The number of rotatable bonds is 2. The van der Waals surface area contributed by atoms with Crippen LogP contribution in [0.15, 0.2) is 60.7 Å². The Morgan fingerprint density at radius 3 is 2.38 bits per heavy atom. The molecule has 0 spiro atoms. The van der Waals surface area contributed by atoms with Crippen LogP contribution < -0.4 is 0 Å². The number of hydrogen-bond acceptors (Lipinski definition) is 2. The number of hydrogen-bond donors (Lipinski definition) is 0. The van der Waals surface area contributed by atoms with Gasteiger partial charge in [-0.1, -0.05) is 60.7 Å². The third-order valence-corrected chi connectivity index (χ3v) is 4.54. The fourth-order valence-electron chi connectivity index (χ4n) is 3.56. The lowest BCUT2D eigenvalue weighted by atomic mass is 9.99. The second-order valence-corrected chi connectivity index (χ2v) is 5.65. The lowest BCUT2D eigenvalue weighted by Crippen LogP contribution is -2.40. The fraction of sp³-hybridized carbons (Fsp3) is 0.278. The van der Waals surface area contributed by atoms with Crippen molar-refractivity contribution in [1.29, 1.82) is 0 Å². The number of amides is 1. The Morgan fingerprint density at radius 2 is 1.67 bits per heavy atom. The maximum absolute atomic E-state index is 12.5. The molecule has 106 valence electrons. The Balaban J connectivity index is 1.78. The molecule has 0 saturated carbocycles. The average Bonchev–Trinajstić information content (AvgIpc) is 3.09. The molecule has 0 aliphatic carbocycles. The molecular weight excluding hydrogens is 262 g/mol. The van der Waals surface area contributed by atoms with Crippen molar-refractivity contribution in [1.82, 2.24) is 4.90 Å². The summed E-state index contributed by atoms with van der Waals surface area (Å²) in [5.41, 5.74) is 1.65. The summed E-state index contributed by atoms with van der Waals surface area (Å²) in [6.45, 7) is 0.560. The first-order valence-corrected chi connectivity index (χ1v) is 7.38. The second-order valence-electron chi connectivity index (χ2n) is 5.65. The number of fused-ring (bicyclic) bond motifs is 1. The van der Waals surface area contributed by atoms with E-state index < -0.39 is 5.72 Å². The quantitative estimate of drug-likeness (QED) is 0.844. The van der Waals surface area contributed by atoms with E-state index in [4.69, 9.17) is 4.74 Å². The minimum absolute atomic E-state index is 0.0152. The number of ether oxygens (including phenoxy) is 1. The van der Waals surface area contributed by atoms with Gasteiger partial charge in [0.05, 0.1) is 12.6 Å². The number of nitrogens with zero attached hydrogens (tertiary/aromatic N) is 1. The molecule has 0 aromatic heterocycles. The van der Waals surface area contributed by atoms with Crippen molar-refractivity contribution >= 4 is 5.91 Å². The summed E-state index contributed by atoms with van der Waals surface area (Å²) in [6.07, 6.45) is 1.29. The lowest BCUT2D eigenvalue weighted by molar-refractivity contribution is -0.139. The maximum Gasteiger partial charge on any atom is 0.225 e. The van der Waals surface area contributed by atoms with Crippen LogP contribution in [-0.2, 0) is 15.3 Å². The van der Waals surface area contributed by atoms with Crippen LogP contribution >= 0.6 is 0 Å². The summed E-state index contributed by atoms with van der Waals surface area (Å²) in [5, 5.41) is 0. The van der Waals surface area contributed by atoms with Gasteiger partial charge in [0.15, 0.2) is 5.72 Å². The first kappa shape index (κ1) is 12.6. The summed E-state index contributed by atoms with van der Waals surface area (Å²) < 4.78 is 6.19. The van der Waals surface area contributed by atoms with E-state index >= 15 is 0 Å². The molecule has 21 heavy (non-hydrogen) atoms. The Kier molecular flexibility index (Phi) is 2.82. The molecule has 2 aliphatic rings. The van der Waals surface area contributed by atoms with E-state index in [9.17, 15) is 4.79 Å². The molecule has 0 N–H and O–H groups in total. The van der Waals surface area contributed by atoms with Crippen LogP contribution in [0, 0.1) is 0 Å². The molecule has 3 nitrogen and oxygen atoms in total. The third-order valence-electron chi connectivity index (χ3n) is 4.54. The minimum Gasteiger partial charge on any atom is -0.349 e. The molecule has 2 aromatic carbocycles. The van der Waals surface area contributed by atoms with Crippen LogP contribution in [0.25, 0.3) is 0 Å². The maximum atomic E-state index is 12.5. The van der Waals surface area contributed by atoms with Gasteiger partial charge in [0, 0.05) is 18.4 Å². The zero-order chi connectivity index (χ0) is 14.3. The van der Waals surface area contributed by atoms with Gasteiger partial charge in [-0.05, 0) is 5.56 Å². The highest BCUT2D eigenvalue weighted by Crippen LogP contribution is 2.50. The molecule has 2 atom stereocenters. The first-order chi connectivity index (χ1) is 10.3. The zero-order valence-corrected chi connectivity index (χ0v) is 11.7. The molecule has 2 heterocycles. The highest BCUT2D eigenvalue weighted by molar-refractivity contribution is 5.80. The SMILES string of the molecule is O=C1CC[C@@]2(c3ccccc3)OC[C@H](c3ccccc3)N12. The van der Waals surface area contributed by atoms with Crippen LogP contribution in [0.4, 0.5) is 0 Å². The van der Waals surface area contributed by atoms with Gasteiger partial charge >= 0.3 is 0 Å². The summed E-state index contributed by atoms with van der Waals surface area (Å²) in [5.74, 6) is 0.185. The molecule has 0 radical (unpaired) electrons. The van der Waals surface area contributed by atoms with Gasteiger partial charge in [-0.25, -0.2) is 0 Å². The Bertz CT molecular complexity index is 655. The molecule has 4 rings (SSSR count). The monoisotopic (exact) mass is 279 g/mol. The van der Waals surface area contributed by atoms with Crippen molar-refractivity contribution in [3.8, 4) is 0 Å². The van der Waals surface area contributed by atoms with Gasteiger partial charge in [0.25, 0.3) is 0 Å². The predicted octanol–water partition coefficient (Wildman–Crippen LogP) is 3.23. The fourth-order valence-corrected chi connectivity index (χ4v) is 3.56. The van der Waals surface area contributed by atoms with Crippen LogP contribution in [0.1, 0.15) is 30.0 Å². The van der Waals surface area contributed by atoms with Gasteiger partial charge in [0.2, 0.25) is 5.91 Å². The number of carbonyl (C=O) groups excluding carboxylic acids is 1. The lowest BCUT2D eigenvalue weighted by Gasteiger charge is -2.33. The summed E-state index contributed by atoms with van der Waals surface area (Å²) in [7, 11) is 0. The van der Waals surface area contributed by atoms with E-state index in [1.807, 2.05) is 41.3 Å². The predicted molar refractivity (Wildman–Crippen MR) is 79.3 cm³/mol. The van der Waals surface area contributed by atoms with Crippen molar-refractivity contribution in [2.45, 2.75) is 24.6 Å². The van der Waals surface area contributed by atoms with Gasteiger partial charge in [-0.15, -0.1) is 0 Å². The van der Waals surface area contributed by atoms with Crippen LogP contribution in [0.5, 0.6) is 0 Å². The highest BCUT2D eigenvalue weighted by atomic mass is 16.5. The second kappa shape index (κ2) is 4.71. The first-order valence-electron chi connectivity index (χ1n) is 7.38. The van der Waals surface area contributed by atoms with Gasteiger partial charge in [-0.3, -0.25) is 4.79 Å². The van der Waals surface area contributed by atoms with Crippen LogP contribution in [0.3, 0.4) is 0 Å². The van der Waals surface area contributed by atoms with E-state index in [1.165, 1.54) is 0 Å². The number of benzene rings is 2.